The predicted octanol–water partition coefficient (Wildman–Crippen LogP) is 4.59. The van der Waals surface area contributed by atoms with Crippen molar-refractivity contribution in [3.8, 4) is 11.8 Å². The van der Waals surface area contributed by atoms with Gasteiger partial charge < -0.3 is 4.57 Å². The molecule has 0 fully saturated rings. The monoisotopic (exact) mass is 333 g/mol. The van der Waals surface area contributed by atoms with Gasteiger partial charge in [0.25, 0.3) is 5.69 Å². The normalized spacial score (nSPS) is 11.1. The summed E-state index contributed by atoms with van der Waals surface area (Å²) in [6, 6.07) is 17.7. The highest BCUT2D eigenvalue weighted by atomic mass is 19.1. The van der Waals surface area contributed by atoms with E-state index in [1.807, 2.05) is 6.07 Å². The second-order valence-electron chi connectivity index (χ2n) is 5.23. The van der Waals surface area contributed by atoms with E-state index in [9.17, 15) is 19.8 Å². The van der Waals surface area contributed by atoms with Crippen LogP contribution in [0.3, 0.4) is 0 Å². The maximum atomic E-state index is 13.9. The van der Waals surface area contributed by atoms with Gasteiger partial charge in [0.05, 0.1) is 16.6 Å². The molecule has 3 aromatic rings. The van der Waals surface area contributed by atoms with Crippen molar-refractivity contribution < 1.29 is 9.31 Å². The van der Waals surface area contributed by atoms with Crippen molar-refractivity contribution >= 4 is 17.3 Å². The van der Waals surface area contributed by atoms with Crippen LogP contribution in [0.2, 0.25) is 0 Å². The largest absolute Gasteiger partial charge is 0.317 e. The fraction of sp³-hybridized carbons (Fsp3) is 0. The Bertz CT molecular complexity index is 998. The molecule has 0 saturated carbocycles. The molecule has 0 radical (unpaired) electrons. The van der Waals surface area contributed by atoms with E-state index in [-0.39, 0.29) is 16.8 Å². The van der Waals surface area contributed by atoms with E-state index in [2.05, 4.69) is 0 Å². The zero-order valence-corrected chi connectivity index (χ0v) is 13.0. The van der Waals surface area contributed by atoms with E-state index < -0.39 is 10.7 Å². The molecule has 5 nitrogen and oxygen atoms in total. The van der Waals surface area contributed by atoms with Crippen molar-refractivity contribution in [2.45, 2.75) is 0 Å². The Morgan fingerprint density at radius 3 is 2.48 bits per heavy atom. The summed E-state index contributed by atoms with van der Waals surface area (Å²) in [6.07, 6.45) is 3.35. The first-order valence-corrected chi connectivity index (χ1v) is 7.39. The van der Waals surface area contributed by atoms with Gasteiger partial charge in [0.2, 0.25) is 0 Å². The predicted molar refractivity (Wildman–Crippen MR) is 92.3 cm³/mol. The topological polar surface area (TPSA) is 71.9 Å². The van der Waals surface area contributed by atoms with Crippen LogP contribution < -0.4 is 0 Å². The average molecular weight is 333 g/mol. The number of nitrogens with zero attached hydrogens (tertiary/aromatic N) is 3. The van der Waals surface area contributed by atoms with Crippen LogP contribution in [0.15, 0.2) is 66.9 Å². The van der Waals surface area contributed by atoms with Crippen molar-refractivity contribution in [2.75, 3.05) is 0 Å². The fourth-order valence-electron chi connectivity index (χ4n) is 2.48. The van der Waals surface area contributed by atoms with Gasteiger partial charge in [-0.05, 0) is 36.4 Å². The smallest absolute Gasteiger partial charge is 0.269 e. The molecule has 0 atom stereocenters. The standard InChI is InChI=1S/C19H12FN3O2/c20-19-6-2-1-5-18(19)14(13-21)12-17-4-3-11-22(17)15-7-9-16(10-8-15)23(24)25/h1-12H. The van der Waals surface area contributed by atoms with Crippen LogP contribution in [0.4, 0.5) is 10.1 Å². The third-order valence-corrected chi connectivity index (χ3v) is 3.70. The summed E-state index contributed by atoms with van der Waals surface area (Å²) in [5, 5.41) is 20.1. The van der Waals surface area contributed by atoms with Crippen LogP contribution in [0.25, 0.3) is 17.3 Å². The lowest BCUT2D eigenvalue weighted by Gasteiger charge is -2.07. The molecule has 0 aliphatic heterocycles. The Labute approximate surface area is 143 Å². The number of aromatic nitrogens is 1. The second kappa shape index (κ2) is 6.81. The van der Waals surface area contributed by atoms with Gasteiger partial charge in [-0.1, -0.05) is 18.2 Å². The number of benzene rings is 2. The number of hydrogen-bond donors (Lipinski definition) is 0. The van der Waals surface area contributed by atoms with E-state index in [1.165, 1.54) is 18.2 Å². The van der Waals surface area contributed by atoms with Gasteiger partial charge in [-0.3, -0.25) is 10.1 Å². The highest BCUT2D eigenvalue weighted by molar-refractivity contribution is 5.89. The van der Waals surface area contributed by atoms with E-state index in [0.29, 0.717) is 11.4 Å². The molecule has 2 aromatic carbocycles. The first-order chi connectivity index (χ1) is 12.1. The molecular weight excluding hydrogens is 321 g/mol. The number of rotatable bonds is 4. The molecule has 0 bridgehead atoms. The van der Waals surface area contributed by atoms with Crippen LogP contribution in [0.5, 0.6) is 0 Å². The lowest BCUT2D eigenvalue weighted by atomic mass is 10.1. The summed E-state index contributed by atoms with van der Waals surface area (Å²) in [6.45, 7) is 0. The van der Waals surface area contributed by atoms with Gasteiger partial charge in [0, 0.05) is 35.3 Å². The van der Waals surface area contributed by atoms with Gasteiger partial charge in [-0.15, -0.1) is 0 Å². The molecule has 0 aliphatic rings. The van der Waals surface area contributed by atoms with E-state index in [1.54, 1.807) is 59.3 Å². The molecule has 0 aliphatic carbocycles. The van der Waals surface area contributed by atoms with Crippen molar-refractivity contribution in [1.29, 1.82) is 5.26 Å². The number of non-ortho nitro benzene ring substituents is 1. The number of nitro benzene ring substituents is 1. The molecule has 3 rings (SSSR count). The van der Waals surface area contributed by atoms with Gasteiger partial charge in [-0.25, -0.2) is 4.39 Å². The van der Waals surface area contributed by atoms with E-state index in [4.69, 9.17) is 0 Å². The molecule has 0 saturated heterocycles. The minimum absolute atomic E-state index is 0.00271. The molecule has 0 amide bonds. The first kappa shape index (κ1) is 16.1. The van der Waals surface area contributed by atoms with Crippen LogP contribution in [0, 0.1) is 27.3 Å². The maximum absolute atomic E-state index is 13.9. The van der Waals surface area contributed by atoms with Crippen molar-refractivity contribution in [1.82, 2.24) is 4.57 Å². The molecule has 1 heterocycles. The summed E-state index contributed by atoms with van der Waals surface area (Å²) < 4.78 is 15.7. The van der Waals surface area contributed by atoms with Gasteiger partial charge in [0.15, 0.2) is 0 Å². The zero-order chi connectivity index (χ0) is 17.8. The van der Waals surface area contributed by atoms with Gasteiger partial charge in [-0.2, -0.15) is 5.26 Å². The maximum Gasteiger partial charge on any atom is 0.269 e. The highest BCUT2D eigenvalue weighted by Crippen LogP contribution is 2.23. The molecule has 1 aromatic heterocycles. The lowest BCUT2D eigenvalue weighted by molar-refractivity contribution is -0.384. The number of halogens is 1. The number of nitriles is 1. The summed E-state index contributed by atoms with van der Waals surface area (Å²) >= 11 is 0. The first-order valence-electron chi connectivity index (χ1n) is 7.39. The quantitative estimate of drug-likeness (QED) is 0.398. The number of allylic oxidation sites excluding steroid dienone is 1. The molecule has 0 unspecified atom stereocenters. The Kier molecular flexibility index (Phi) is 4.40. The van der Waals surface area contributed by atoms with Gasteiger partial charge >= 0.3 is 0 Å². The summed E-state index contributed by atoms with van der Waals surface area (Å²) in [5.41, 5.74) is 1.78. The third kappa shape index (κ3) is 3.31. The van der Waals surface area contributed by atoms with Crippen molar-refractivity contribution in [3.63, 3.8) is 0 Å². The van der Waals surface area contributed by atoms with Crippen molar-refractivity contribution in [2.24, 2.45) is 0 Å². The van der Waals surface area contributed by atoms with Crippen molar-refractivity contribution in [3.05, 3.63) is 94.0 Å². The van der Waals surface area contributed by atoms with Crippen LogP contribution in [-0.4, -0.2) is 9.49 Å². The second-order valence-corrected chi connectivity index (χ2v) is 5.23. The average Bonchev–Trinajstić information content (AvgIpc) is 3.08. The van der Waals surface area contributed by atoms with Gasteiger partial charge in [0.1, 0.15) is 5.82 Å². The highest BCUT2D eigenvalue weighted by Gasteiger charge is 2.10. The van der Waals surface area contributed by atoms with Crippen LogP contribution in [0.1, 0.15) is 11.3 Å². The Hall–Kier alpha value is -3.72. The zero-order valence-electron chi connectivity index (χ0n) is 13.0. The van der Waals surface area contributed by atoms with E-state index in [0.717, 1.165) is 0 Å². The summed E-state index contributed by atoms with van der Waals surface area (Å²) in [7, 11) is 0. The molecule has 122 valence electrons. The Morgan fingerprint density at radius 2 is 1.84 bits per heavy atom. The van der Waals surface area contributed by atoms with Crippen LogP contribution >= 0.6 is 0 Å². The Morgan fingerprint density at radius 1 is 1.12 bits per heavy atom. The number of hydrogen-bond acceptors (Lipinski definition) is 3. The number of nitro groups is 1. The molecular formula is C19H12FN3O2. The summed E-state index contributed by atoms with van der Waals surface area (Å²) in [4.78, 5) is 10.3. The SMILES string of the molecule is N#CC(=Cc1cccn1-c1ccc([N+](=O)[O-])cc1)c1ccccc1F. The minimum atomic E-state index is -0.469. The molecule has 25 heavy (non-hydrogen) atoms. The molecule has 0 spiro atoms. The van der Waals surface area contributed by atoms with E-state index >= 15 is 0 Å². The third-order valence-electron chi connectivity index (χ3n) is 3.70. The summed E-state index contributed by atoms with van der Waals surface area (Å²) in [5.74, 6) is -0.469. The fourth-order valence-corrected chi connectivity index (χ4v) is 2.48. The Balaban J connectivity index is 2.03. The minimum Gasteiger partial charge on any atom is -0.317 e. The van der Waals surface area contributed by atoms with Crippen LogP contribution in [-0.2, 0) is 0 Å². The lowest BCUT2D eigenvalue weighted by Crippen LogP contribution is -1.96. The molecule has 6 heteroatoms. The molecule has 0 N–H and O–H groups in total.